The maximum absolute atomic E-state index is 12.8. The Morgan fingerprint density at radius 1 is 1.05 bits per heavy atom. The molecule has 4 heterocycles. The molecule has 4 rings (SSSR count). The number of carbonyl (C=O) groups excluding carboxylic acids is 1. The van der Waals surface area contributed by atoms with Gasteiger partial charge in [-0.15, -0.1) is 0 Å². The Bertz CT molecular complexity index is 1290. The van der Waals surface area contributed by atoms with Gasteiger partial charge < -0.3 is 14.4 Å². The molecule has 1 unspecified atom stereocenters. The van der Waals surface area contributed by atoms with E-state index in [9.17, 15) is 4.79 Å². The fraction of sp³-hybridized carbons (Fsp3) is 0.567. The van der Waals surface area contributed by atoms with Gasteiger partial charge in [-0.25, -0.2) is 9.78 Å². The van der Waals surface area contributed by atoms with Crippen molar-refractivity contribution >= 4 is 27.3 Å². The largest absolute Gasteiger partial charge is 0.455 e. The zero-order valence-corrected chi connectivity index (χ0v) is 25.4. The van der Waals surface area contributed by atoms with Crippen LogP contribution in [0.5, 0.6) is 11.5 Å². The number of rotatable bonds is 6. The van der Waals surface area contributed by atoms with Gasteiger partial charge in [0.1, 0.15) is 17.1 Å². The summed E-state index contributed by atoms with van der Waals surface area (Å²) in [7, 11) is -1.21. The van der Waals surface area contributed by atoms with Gasteiger partial charge in [0.25, 0.3) is 0 Å². The smallest absolute Gasteiger partial charge is 0.410 e. The number of hydrogen-bond donors (Lipinski definition) is 0. The lowest BCUT2D eigenvalue weighted by atomic mass is 9.96. The summed E-state index contributed by atoms with van der Waals surface area (Å²) < 4.78 is 14.5. The molecular weight excluding hydrogens is 496 g/mol. The molecule has 8 heteroatoms. The van der Waals surface area contributed by atoms with Gasteiger partial charge in [-0.2, -0.15) is 10.2 Å². The van der Waals surface area contributed by atoms with Gasteiger partial charge in [0.2, 0.25) is 0 Å². The highest BCUT2D eigenvalue weighted by Crippen LogP contribution is 2.62. The van der Waals surface area contributed by atoms with Crippen LogP contribution in [0.25, 0.3) is 11.0 Å². The first kappa shape index (κ1) is 28.3. The lowest BCUT2D eigenvalue weighted by Crippen LogP contribution is -2.41. The molecule has 0 fully saturated rings. The summed E-state index contributed by atoms with van der Waals surface area (Å²) >= 11 is 0. The van der Waals surface area contributed by atoms with Crippen molar-refractivity contribution in [1.82, 2.24) is 18.8 Å². The molecule has 1 amide bonds. The Morgan fingerprint density at radius 2 is 1.71 bits per heavy atom. The number of nitrogens with zero attached hydrogens (tertiary/aromatic N) is 4. The molecule has 3 aromatic rings. The lowest BCUT2D eigenvalue weighted by Gasteiger charge is -2.52. The molecule has 0 radical (unpaired) electrons. The van der Waals surface area contributed by atoms with E-state index in [-0.39, 0.29) is 12.0 Å². The van der Waals surface area contributed by atoms with Gasteiger partial charge in [-0.3, -0.25) is 8.96 Å². The first-order valence-corrected chi connectivity index (χ1v) is 15.4. The molecule has 3 aromatic heterocycles. The molecule has 7 nitrogen and oxygen atoms in total. The third kappa shape index (κ3) is 5.12. The Balaban J connectivity index is 1.67. The highest BCUT2D eigenvalue weighted by molar-refractivity contribution is 8.33. The van der Waals surface area contributed by atoms with Gasteiger partial charge in [0, 0.05) is 40.6 Å². The van der Waals surface area contributed by atoms with Crippen LogP contribution >= 0.6 is 10.2 Å². The summed E-state index contributed by atoms with van der Waals surface area (Å²) in [6, 6.07) is 6.05. The van der Waals surface area contributed by atoms with Gasteiger partial charge in [-0.05, 0) is 44.5 Å². The Morgan fingerprint density at radius 3 is 2.32 bits per heavy atom. The van der Waals surface area contributed by atoms with E-state index in [1.165, 1.54) is 0 Å². The van der Waals surface area contributed by atoms with E-state index in [1.54, 1.807) is 11.1 Å². The molecule has 0 aliphatic carbocycles. The zero-order valence-electron chi connectivity index (χ0n) is 24.6. The minimum Gasteiger partial charge on any atom is -0.455 e. The minimum atomic E-state index is -1.21. The molecule has 0 bridgehead atoms. The molecular formula is C30H44N4O3S. The maximum atomic E-state index is 12.8. The van der Waals surface area contributed by atoms with Crippen LogP contribution in [0.2, 0.25) is 0 Å². The Hall–Kier alpha value is -2.74. The van der Waals surface area contributed by atoms with Crippen LogP contribution in [-0.4, -0.2) is 52.8 Å². The Labute approximate surface area is 229 Å². The lowest BCUT2D eigenvalue weighted by molar-refractivity contribution is 0.0207. The summed E-state index contributed by atoms with van der Waals surface area (Å²) in [5, 5.41) is 2.51. The average Bonchev–Trinajstić information content (AvgIpc) is 3.22. The summed E-state index contributed by atoms with van der Waals surface area (Å²) in [5.41, 5.74) is 2.41. The average molecular weight is 541 g/mol. The van der Waals surface area contributed by atoms with Crippen LogP contribution in [0.1, 0.15) is 86.4 Å². The van der Waals surface area contributed by atoms with E-state index in [2.05, 4.69) is 64.7 Å². The van der Waals surface area contributed by atoms with Crippen LogP contribution < -0.4 is 4.74 Å². The summed E-state index contributed by atoms with van der Waals surface area (Å²) in [4.78, 5) is 24.1. The van der Waals surface area contributed by atoms with Crippen LogP contribution in [0.15, 0.2) is 36.8 Å². The van der Waals surface area contributed by atoms with Crippen molar-refractivity contribution in [1.29, 1.82) is 0 Å². The molecule has 1 aliphatic heterocycles. The monoisotopic (exact) mass is 540 g/mol. The van der Waals surface area contributed by atoms with E-state index in [0.717, 1.165) is 28.0 Å². The van der Waals surface area contributed by atoms with E-state index >= 15 is 0 Å². The zero-order chi connectivity index (χ0) is 28.0. The van der Waals surface area contributed by atoms with Crippen molar-refractivity contribution in [3.05, 3.63) is 48.0 Å². The van der Waals surface area contributed by atoms with Crippen LogP contribution in [0.3, 0.4) is 0 Å². The van der Waals surface area contributed by atoms with Crippen molar-refractivity contribution < 1.29 is 14.3 Å². The van der Waals surface area contributed by atoms with E-state index in [1.807, 2.05) is 39.1 Å². The van der Waals surface area contributed by atoms with Crippen LogP contribution in [0.4, 0.5) is 4.79 Å². The molecule has 0 saturated carbocycles. The normalized spacial score (nSPS) is 16.9. The molecule has 0 saturated heterocycles. The van der Waals surface area contributed by atoms with Crippen molar-refractivity contribution in [3.63, 3.8) is 0 Å². The third-order valence-corrected chi connectivity index (χ3v) is 12.8. The van der Waals surface area contributed by atoms with E-state index in [0.29, 0.717) is 34.6 Å². The quantitative estimate of drug-likeness (QED) is 0.318. The van der Waals surface area contributed by atoms with Gasteiger partial charge in [0.15, 0.2) is 5.65 Å². The fourth-order valence-corrected chi connectivity index (χ4v) is 11.4. The number of fused-ring (bicyclic) bond motifs is 2. The first-order valence-electron chi connectivity index (χ1n) is 13.7. The van der Waals surface area contributed by atoms with Crippen molar-refractivity contribution in [3.8, 4) is 11.5 Å². The van der Waals surface area contributed by atoms with Gasteiger partial charge >= 0.3 is 6.09 Å². The standard InChI is InChI=1S/C30H44N4O3S/c1-19(2)38(20(3)4,21(5)6)34-14-12-25-26(11-13-31-28(25)34)36-24-15-23-18-33(29(35)37-30(8,9)10)17-22(7)27(23)32-16-24/h11-16,19-22H,17-18H2,1-10H3. The van der Waals surface area contributed by atoms with Crippen molar-refractivity contribution in [2.24, 2.45) is 0 Å². The number of hydrogen-bond acceptors (Lipinski definition) is 5. The van der Waals surface area contributed by atoms with E-state index in [4.69, 9.17) is 19.4 Å². The maximum Gasteiger partial charge on any atom is 0.410 e. The summed E-state index contributed by atoms with van der Waals surface area (Å²) in [6.45, 7) is 22.8. The minimum absolute atomic E-state index is 0.112. The third-order valence-electron chi connectivity index (χ3n) is 7.30. The van der Waals surface area contributed by atoms with Crippen molar-refractivity contribution in [2.45, 2.75) is 103 Å². The van der Waals surface area contributed by atoms with Crippen molar-refractivity contribution in [2.75, 3.05) is 6.54 Å². The molecule has 0 spiro atoms. The molecule has 208 valence electrons. The van der Waals surface area contributed by atoms with Crippen LogP contribution in [0, 0.1) is 0 Å². The van der Waals surface area contributed by atoms with Gasteiger partial charge in [0.05, 0.1) is 23.8 Å². The molecule has 1 atom stereocenters. The second-order valence-corrected chi connectivity index (χ2v) is 16.8. The number of aromatic nitrogens is 3. The first-order chi connectivity index (χ1) is 17.8. The number of amides is 1. The molecule has 38 heavy (non-hydrogen) atoms. The highest BCUT2D eigenvalue weighted by atomic mass is 32.3. The van der Waals surface area contributed by atoms with Gasteiger partial charge in [-0.1, -0.05) is 48.5 Å². The molecule has 1 aliphatic rings. The number of ether oxygens (including phenoxy) is 2. The van der Waals surface area contributed by atoms with Crippen LogP contribution in [-0.2, 0) is 11.3 Å². The summed E-state index contributed by atoms with van der Waals surface area (Å²) in [6.07, 6.45) is 5.51. The predicted molar refractivity (Wildman–Crippen MR) is 157 cm³/mol. The topological polar surface area (TPSA) is 69.5 Å². The Kier molecular flexibility index (Phi) is 7.77. The fourth-order valence-electron chi connectivity index (χ4n) is 6.05. The molecule has 0 N–H and O–H groups in total. The second-order valence-electron chi connectivity index (χ2n) is 12.1. The van der Waals surface area contributed by atoms with E-state index < -0.39 is 15.8 Å². The SMILES string of the molecule is CC1CN(C(=O)OC(C)(C)C)Cc2cc(Oc3ccnc4c3ccn4S(C(C)C)(C(C)C)C(C)C)cnc21. The molecule has 0 aromatic carbocycles. The summed E-state index contributed by atoms with van der Waals surface area (Å²) in [5.74, 6) is 1.52. The predicted octanol–water partition coefficient (Wildman–Crippen LogP) is 7.87. The second kappa shape index (κ2) is 10.4. The number of carbonyl (C=O) groups is 1. The number of pyridine rings is 2. The highest BCUT2D eigenvalue weighted by Gasteiger charge is 2.37.